The van der Waals surface area contributed by atoms with Gasteiger partial charge in [0, 0.05) is 17.2 Å². The fourth-order valence-electron chi connectivity index (χ4n) is 4.56. The van der Waals surface area contributed by atoms with Crippen LogP contribution in [-0.2, 0) is 9.59 Å². The molecule has 0 unspecified atom stereocenters. The van der Waals surface area contributed by atoms with Crippen LogP contribution in [0, 0.1) is 23.2 Å². The Bertz CT molecular complexity index is 716. The lowest BCUT2D eigenvalue weighted by Gasteiger charge is -2.15. The number of nitrogens with one attached hydrogen (secondary N) is 1. The Hall–Kier alpha value is -1.90. The molecule has 3 aliphatic rings. The molecule has 3 aliphatic carbocycles. The molecule has 0 aromatic heterocycles. The van der Waals surface area contributed by atoms with Crippen molar-refractivity contribution < 1.29 is 9.59 Å². The first kappa shape index (κ1) is 14.7. The largest absolute Gasteiger partial charge is 0.329 e. The summed E-state index contributed by atoms with van der Waals surface area (Å²) >= 11 is 0. The minimum Gasteiger partial charge on any atom is -0.329 e. The zero-order valence-corrected chi connectivity index (χ0v) is 13.9. The highest BCUT2D eigenvalue weighted by Crippen LogP contribution is 2.68. The van der Waals surface area contributed by atoms with Crippen LogP contribution in [0.5, 0.6) is 0 Å². The molecule has 1 aromatic carbocycles. The molecule has 0 saturated heterocycles. The topological polar surface area (TPSA) is 46.2 Å². The summed E-state index contributed by atoms with van der Waals surface area (Å²) in [6.45, 7) is 6.06. The van der Waals surface area contributed by atoms with E-state index in [1.54, 1.807) is 6.92 Å². The predicted octanol–water partition coefficient (Wildman–Crippen LogP) is 3.43. The lowest BCUT2D eigenvalue weighted by atomic mass is 9.96. The van der Waals surface area contributed by atoms with E-state index in [9.17, 15) is 9.59 Å². The van der Waals surface area contributed by atoms with Crippen molar-refractivity contribution in [2.75, 3.05) is 0 Å². The number of allylic oxidation sites excluding steroid dienone is 2. The number of carbonyl (C=O) groups excluding carboxylic acids is 2. The van der Waals surface area contributed by atoms with Gasteiger partial charge in [-0.3, -0.25) is 9.59 Å². The Morgan fingerprint density at radius 3 is 2.52 bits per heavy atom. The number of ketones is 1. The molecule has 0 radical (unpaired) electrons. The number of benzene rings is 1. The van der Waals surface area contributed by atoms with E-state index in [0.717, 1.165) is 24.1 Å². The summed E-state index contributed by atoms with van der Waals surface area (Å²) in [6.07, 6.45) is 1.76. The van der Waals surface area contributed by atoms with Gasteiger partial charge >= 0.3 is 0 Å². The van der Waals surface area contributed by atoms with Gasteiger partial charge in [-0.05, 0) is 48.5 Å². The van der Waals surface area contributed by atoms with Crippen LogP contribution < -0.4 is 5.32 Å². The summed E-state index contributed by atoms with van der Waals surface area (Å²) in [6, 6.07) is 10.2. The normalized spacial score (nSPS) is 33.2. The Morgan fingerprint density at radius 2 is 1.87 bits per heavy atom. The highest BCUT2D eigenvalue weighted by molar-refractivity contribution is 5.97. The monoisotopic (exact) mass is 309 g/mol. The molecule has 3 heteroatoms. The number of fused-ring (bicyclic) bond motifs is 1. The van der Waals surface area contributed by atoms with Gasteiger partial charge in [0.15, 0.2) is 5.78 Å². The summed E-state index contributed by atoms with van der Waals surface area (Å²) in [5, 5.41) is 3.09. The number of rotatable bonds is 4. The first-order valence-electron chi connectivity index (χ1n) is 8.51. The van der Waals surface area contributed by atoms with Gasteiger partial charge in [-0.1, -0.05) is 44.2 Å². The van der Waals surface area contributed by atoms with Gasteiger partial charge < -0.3 is 5.32 Å². The molecular formula is C20H23NO2. The second-order valence-corrected chi connectivity index (χ2v) is 7.91. The Balaban J connectivity index is 1.47. The van der Waals surface area contributed by atoms with E-state index in [0.29, 0.717) is 17.8 Å². The maximum atomic E-state index is 12.5. The minimum atomic E-state index is 0.0584. The van der Waals surface area contributed by atoms with Crippen molar-refractivity contribution in [3.8, 4) is 0 Å². The van der Waals surface area contributed by atoms with Crippen LogP contribution in [0.2, 0.25) is 0 Å². The highest BCUT2D eigenvalue weighted by atomic mass is 16.2. The predicted molar refractivity (Wildman–Crippen MR) is 88.5 cm³/mol. The molecule has 0 bridgehead atoms. The van der Waals surface area contributed by atoms with Crippen LogP contribution in [0.1, 0.15) is 45.1 Å². The molecule has 2 fully saturated rings. The average molecular weight is 309 g/mol. The van der Waals surface area contributed by atoms with Crippen LogP contribution in [0.4, 0.5) is 0 Å². The van der Waals surface area contributed by atoms with E-state index in [1.807, 2.05) is 18.2 Å². The third-order valence-corrected chi connectivity index (χ3v) is 6.12. The Morgan fingerprint density at radius 1 is 1.17 bits per heavy atom. The molecular weight excluding hydrogens is 286 g/mol. The van der Waals surface area contributed by atoms with Gasteiger partial charge in [0.05, 0.1) is 0 Å². The zero-order chi connectivity index (χ0) is 16.4. The number of hydrogen-bond donors (Lipinski definition) is 1. The first-order chi connectivity index (χ1) is 10.9. The van der Waals surface area contributed by atoms with Crippen LogP contribution in [0.25, 0.3) is 0 Å². The zero-order valence-electron chi connectivity index (χ0n) is 13.9. The van der Waals surface area contributed by atoms with E-state index in [2.05, 4.69) is 31.3 Å². The standard InChI is InChI=1S/C20H23NO2/c1-11(22)17-16(10-15-18(17)20(15,2)3)21-19(23)14-9-13(14)12-7-5-4-6-8-12/h4-8,13-15,18H,9-10H2,1-3H3,(H,21,23)/t13-,14-,15-,18-/m1/s1. The summed E-state index contributed by atoms with van der Waals surface area (Å²) in [4.78, 5) is 24.6. The summed E-state index contributed by atoms with van der Waals surface area (Å²) in [7, 11) is 0. The fourth-order valence-corrected chi connectivity index (χ4v) is 4.56. The average Bonchev–Trinajstić information content (AvgIpc) is 3.35. The number of carbonyl (C=O) groups is 2. The lowest BCUT2D eigenvalue weighted by Crippen LogP contribution is -2.27. The third-order valence-electron chi connectivity index (χ3n) is 6.12. The third kappa shape index (κ3) is 2.25. The van der Waals surface area contributed by atoms with Gasteiger partial charge in [0.2, 0.25) is 5.91 Å². The van der Waals surface area contributed by atoms with E-state index in [1.165, 1.54) is 5.56 Å². The summed E-state index contributed by atoms with van der Waals surface area (Å²) in [5.74, 6) is 1.48. The van der Waals surface area contributed by atoms with Crippen LogP contribution >= 0.6 is 0 Å². The molecule has 2 saturated carbocycles. The molecule has 1 N–H and O–H groups in total. The molecule has 0 heterocycles. The first-order valence-corrected chi connectivity index (χ1v) is 8.51. The molecule has 4 atom stereocenters. The molecule has 0 aliphatic heterocycles. The van der Waals surface area contributed by atoms with Gasteiger partial charge in [0.1, 0.15) is 0 Å². The van der Waals surface area contributed by atoms with Crippen LogP contribution in [0.15, 0.2) is 41.6 Å². The minimum absolute atomic E-state index is 0.0584. The van der Waals surface area contributed by atoms with E-state index < -0.39 is 0 Å². The quantitative estimate of drug-likeness (QED) is 0.926. The van der Waals surface area contributed by atoms with Crippen molar-refractivity contribution in [1.82, 2.24) is 5.32 Å². The number of amides is 1. The molecule has 23 heavy (non-hydrogen) atoms. The maximum absolute atomic E-state index is 12.5. The van der Waals surface area contributed by atoms with Crippen molar-refractivity contribution in [3.05, 3.63) is 47.2 Å². The number of Topliss-reactive ketones (excluding diaryl/α,β-unsaturated/α-hetero) is 1. The van der Waals surface area contributed by atoms with Crippen molar-refractivity contribution in [2.45, 2.75) is 39.5 Å². The Labute approximate surface area is 137 Å². The fraction of sp³-hybridized carbons (Fsp3) is 0.500. The van der Waals surface area contributed by atoms with Crippen molar-refractivity contribution >= 4 is 11.7 Å². The second kappa shape index (κ2) is 4.80. The van der Waals surface area contributed by atoms with E-state index in [4.69, 9.17) is 0 Å². The van der Waals surface area contributed by atoms with Gasteiger partial charge in [-0.25, -0.2) is 0 Å². The van der Waals surface area contributed by atoms with Gasteiger partial charge in [-0.2, -0.15) is 0 Å². The smallest absolute Gasteiger partial charge is 0.227 e. The Kier molecular flexibility index (Phi) is 3.06. The lowest BCUT2D eigenvalue weighted by molar-refractivity contribution is -0.121. The van der Waals surface area contributed by atoms with Crippen molar-refractivity contribution in [3.63, 3.8) is 0 Å². The maximum Gasteiger partial charge on any atom is 0.227 e. The second-order valence-electron chi connectivity index (χ2n) is 7.91. The molecule has 3 nitrogen and oxygen atoms in total. The van der Waals surface area contributed by atoms with E-state index >= 15 is 0 Å². The van der Waals surface area contributed by atoms with Crippen LogP contribution in [-0.4, -0.2) is 11.7 Å². The summed E-state index contributed by atoms with van der Waals surface area (Å²) < 4.78 is 0. The number of hydrogen-bond acceptors (Lipinski definition) is 2. The van der Waals surface area contributed by atoms with Crippen LogP contribution in [0.3, 0.4) is 0 Å². The van der Waals surface area contributed by atoms with Gasteiger partial charge in [0.25, 0.3) is 0 Å². The van der Waals surface area contributed by atoms with Crippen molar-refractivity contribution in [2.24, 2.45) is 23.2 Å². The summed E-state index contributed by atoms with van der Waals surface area (Å²) in [5.41, 5.74) is 3.24. The molecule has 120 valence electrons. The molecule has 1 aromatic rings. The molecule has 4 rings (SSSR count). The SMILES string of the molecule is CC(=O)C1=C(NC(=O)[C@@H]2C[C@@H]2c2ccccc2)C[C@@H]2[C@H]1C2(C)C. The van der Waals surface area contributed by atoms with E-state index in [-0.39, 0.29) is 23.0 Å². The molecule has 0 spiro atoms. The van der Waals surface area contributed by atoms with Gasteiger partial charge in [-0.15, -0.1) is 0 Å². The highest BCUT2D eigenvalue weighted by Gasteiger charge is 2.64. The van der Waals surface area contributed by atoms with Crippen molar-refractivity contribution in [1.29, 1.82) is 0 Å². The molecule has 1 amide bonds.